The van der Waals surface area contributed by atoms with Gasteiger partial charge >= 0.3 is 6.09 Å². The molecular formula is C15H29N3O3. The summed E-state index contributed by atoms with van der Waals surface area (Å²) in [7, 11) is 1.93. The van der Waals surface area contributed by atoms with Gasteiger partial charge < -0.3 is 20.3 Å². The number of unbranched alkanes of at least 4 members (excludes halogenated alkanes) is 1. The molecule has 6 nitrogen and oxygen atoms in total. The number of alkyl carbamates (subject to hydrolysis) is 1. The van der Waals surface area contributed by atoms with Crippen LogP contribution in [0.15, 0.2) is 0 Å². The first-order valence-corrected chi connectivity index (χ1v) is 7.94. The smallest absolute Gasteiger partial charge is 0.407 e. The Morgan fingerprint density at radius 2 is 2.14 bits per heavy atom. The third-order valence-electron chi connectivity index (χ3n) is 4.02. The average molecular weight is 299 g/mol. The van der Waals surface area contributed by atoms with Gasteiger partial charge in [-0.1, -0.05) is 20.3 Å². The second kappa shape index (κ2) is 9.60. The van der Waals surface area contributed by atoms with Crippen LogP contribution >= 0.6 is 0 Å². The summed E-state index contributed by atoms with van der Waals surface area (Å²) in [6.07, 6.45) is 2.77. The van der Waals surface area contributed by atoms with Gasteiger partial charge in [-0.2, -0.15) is 0 Å². The topological polar surface area (TPSA) is 70.7 Å². The first-order valence-electron chi connectivity index (χ1n) is 7.94. The summed E-state index contributed by atoms with van der Waals surface area (Å²) < 4.78 is 4.97. The van der Waals surface area contributed by atoms with E-state index in [1.165, 1.54) is 0 Å². The van der Waals surface area contributed by atoms with Gasteiger partial charge in [-0.15, -0.1) is 0 Å². The first kappa shape index (κ1) is 17.8. The number of carbonyl (C=O) groups is 2. The summed E-state index contributed by atoms with van der Waals surface area (Å²) in [5, 5.41) is 5.88. The van der Waals surface area contributed by atoms with Crippen molar-refractivity contribution in [1.82, 2.24) is 15.5 Å². The molecule has 2 atom stereocenters. The lowest BCUT2D eigenvalue weighted by Crippen LogP contribution is -2.51. The number of ether oxygens (including phenoxy) is 1. The van der Waals surface area contributed by atoms with Crippen LogP contribution in [0, 0.1) is 5.92 Å². The Morgan fingerprint density at radius 3 is 2.81 bits per heavy atom. The van der Waals surface area contributed by atoms with Crippen LogP contribution in [0.25, 0.3) is 0 Å². The molecule has 0 aromatic heterocycles. The molecule has 0 aliphatic carbocycles. The van der Waals surface area contributed by atoms with Gasteiger partial charge in [0, 0.05) is 32.1 Å². The molecule has 0 aromatic carbocycles. The monoisotopic (exact) mass is 299 g/mol. The van der Waals surface area contributed by atoms with E-state index in [-0.39, 0.29) is 5.91 Å². The molecule has 6 heteroatoms. The van der Waals surface area contributed by atoms with Crippen LogP contribution in [0.5, 0.6) is 0 Å². The molecule has 2 amide bonds. The number of piperidine rings is 1. The highest BCUT2D eigenvalue weighted by molar-refractivity contribution is 5.77. The number of likely N-dealkylation sites (tertiary alicyclic amines) is 1. The maximum absolute atomic E-state index is 12.1. The van der Waals surface area contributed by atoms with Gasteiger partial charge in [0.1, 0.15) is 0 Å². The van der Waals surface area contributed by atoms with Crippen LogP contribution in [0.1, 0.15) is 39.5 Å². The lowest BCUT2D eigenvalue weighted by molar-refractivity contribution is -0.132. The molecule has 1 fully saturated rings. The highest BCUT2D eigenvalue weighted by atomic mass is 16.5. The molecule has 1 heterocycles. The molecule has 21 heavy (non-hydrogen) atoms. The molecule has 1 saturated heterocycles. The van der Waals surface area contributed by atoms with Gasteiger partial charge in [-0.3, -0.25) is 4.79 Å². The molecule has 1 aliphatic rings. The molecule has 2 N–H and O–H groups in total. The number of nitrogens with one attached hydrogen (secondary N) is 2. The fraction of sp³-hybridized carbons (Fsp3) is 0.867. The van der Waals surface area contributed by atoms with Gasteiger partial charge in [-0.05, 0) is 25.8 Å². The zero-order valence-electron chi connectivity index (χ0n) is 13.5. The van der Waals surface area contributed by atoms with Crippen LogP contribution in [0.2, 0.25) is 0 Å². The lowest BCUT2D eigenvalue weighted by Gasteiger charge is -2.37. The Hall–Kier alpha value is -1.30. The van der Waals surface area contributed by atoms with Crippen molar-refractivity contribution in [1.29, 1.82) is 0 Å². The van der Waals surface area contributed by atoms with Crippen molar-refractivity contribution in [2.45, 2.75) is 45.6 Å². The van der Waals surface area contributed by atoms with Crippen molar-refractivity contribution in [2.24, 2.45) is 5.92 Å². The highest BCUT2D eigenvalue weighted by Gasteiger charge is 2.27. The van der Waals surface area contributed by atoms with E-state index in [1.54, 1.807) is 0 Å². The molecule has 122 valence electrons. The summed E-state index contributed by atoms with van der Waals surface area (Å²) in [6.45, 7) is 6.56. The number of likely N-dealkylation sites (N-methyl/N-ethyl adjacent to an activating group) is 1. The number of carbonyl (C=O) groups excluding carboxylic acids is 2. The van der Waals surface area contributed by atoms with E-state index < -0.39 is 6.09 Å². The third-order valence-corrected chi connectivity index (χ3v) is 4.02. The average Bonchev–Trinajstić information content (AvgIpc) is 2.48. The number of hydrogen-bond donors (Lipinski definition) is 2. The molecule has 0 bridgehead atoms. The summed E-state index contributed by atoms with van der Waals surface area (Å²) in [5.41, 5.74) is 0. The molecule has 0 radical (unpaired) electrons. The quantitative estimate of drug-likeness (QED) is 0.696. The molecule has 0 saturated carbocycles. The van der Waals surface area contributed by atoms with Crippen molar-refractivity contribution in [3.63, 3.8) is 0 Å². The number of hydrogen-bond acceptors (Lipinski definition) is 4. The summed E-state index contributed by atoms with van der Waals surface area (Å²) in [4.78, 5) is 25.3. The van der Waals surface area contributed by atoms with Crippen LogP contribution in [0.4, 0.5) is 4.79 Å². The van der Waals surface area contributed by atoms with Gasteiger partial charge in [0.25, 0.3) is 0 Å². The number of amides is 2. The third kappa shape index (κ3) is 6.33. The van der Waals surface area contributed by atoms with Crippen LogP contribution in [-0.4, -0.2) is 56.2 Å². The minimum atomic E-state index is -0.434. The van der Waals surface area contributed by atoms with E-state index in [0.717, 1.165) is 32.4 Å². The van der Waals surface area contributed by atoms with E-state index in [1.807, 2.05) is 18.9 Å². The molecular weight excluding hydrogens is 270 g/mol. The van der Waals surface area contributed by atoms with Crippen LogP contribution < -0.4 is 10.6 Å². The minimum absolute atomic E-state index is 0.0935. The SMILES string of the molecule is CCCCOC(=O)NCCC(=O)N1CCC(C)C(NC)C1. The summed E-state index contributed by atoms with van der Waals surface area (Å²) in [5.74, 6) is 0.682. The maximum atomic E-state index is 12.1. The van der Waals surface area contributed by atoms with Gasteiger partial charge in [0.2, 0.25) is 5.91 Å². The fourth-order valence-corrected chi connectivity index (χ4v) is 2.46. The minimum Gasteiger partial charge on any atom is -0.450 e. The lowest BCUT2D eigenvalue weighted by atomic mass is 9.93. The van der Waals surface area contributed by atoms with Gasteiger partial charge in [0.05, 0.1) is 6.61 Å². The van der Waals surface area contributed by atoms with E-state index in [4.69, 9.17) is 4.74 Å². The highest BCUT2D eigenvalue weighted by Crippen LogP contribution is 2.17. The molecule has 0 spiro atoms. The van der Waals surface area contributed by atoms with Gasteiger partial charge in [-0.25, -0.2) is 4.79 Å². The Labute approximate surface area is 127 Å². The first-order chi connectivity index (χ1) is 10.1. The Balaban J connectivity index is 2.20. The zero-order valence-corrected chi connectivity index (χ0v) is 13.5. The standard InChI is InChI=1S/C15H29N3O3/c1-4-5-10-21-15(20)17-8-6-14(19)18-9-7-12(2)13(11-18)16-3/h12-13,16H,4-11H2,1-3H3,(H,17,20). The summed E-state index contributed by atoms with van der Waals surface area (Å²) in [6, 6.07) is 0.356. The summed E-state index contributed by atoms with van der Waals surface area (Å²) >= 11 is 0. The van der Waals surface area contributed by atoms with E-state index >= 15 is 0 Å². The largest absolute Gasteiger partial charge is 0.450 e. The molecule has 0 aromatic rings. The fourth-order valence-electron chi connectivity index (χ4n) is 2.46. The molecule has 2 unspecified atom stereocenters. The van der Waals surface area contributed by atoms with Crippen molar-refractivity contribution in [3.05, 3.63) is 0 Å². The van der Waals surface area contributed by atoms with E-state index in [9.17, 15) is 9.59 Å². The Morgan fingerprint density at radius 1 is 1.38 bits per heavy atom. The van der Waals surface area contributed by atoms with Crippen molar-refractivity contribution >= 4 is 12.0 Å². The molecule has 1 aliphatic heterocycles. The van der Waals surface area contributed by atoms with E-state index in [0.29, 0.717) is 31.5 Å². The number of nitrogens with zero attached hydrogens (tertiary/aromatic N) is 1. The molecule has 1 rings (SSSR count). The van der Waals surface area contributed by atoms with Crippen molar-refractivity contribution in [3.8, 4) is 0 Å². The normalized spacial score (nSPS) is 22.0. The maximum Gasteiger partial charge on any atom is 0.407 e. The second-order valence-corrected chi connectivity index (χ2v) is 5.67. The Kier molecular flexibility index (Phi) is 8.12. The predicted molar refractivity (Wildman–Crippen MR) is 82.1 cm³/mol. The van der Waals surface area contributed by atoms with Crippen molar-refractivity contribution in [2.75, 3.05) is 33.3 Å². The van der Waals surface area contributed by atoms with Gasteiger partial charge in [0.15, 0.2) is 0 Å². The van der Waals surface area contributed by atoms with E-state index in [2.05, 4.69) is 17.6 Å². The van der Waals surface area contributed by atoms with Crippen molar-refractivity contribution < 1.29 is 14.3 Å². The second-order valence-electron chi connectivity index (χ2n) is 5.67. The van der Waals surface area contributed by atoms with Crippen LogP contribution in [-0.2, 0) is 9.53 Å². The van der Waals surface area contributed by atoms with Crippen LogP contribution in [0.3, 0.4) is 0 Å². The zero-order chi connectivity index (χ0) is 15.7. The predicted octanol–water partition coefficient (Wildman–Crippen LogP) is 1.36. The Bertz CT molecular complexity index is 336. The number of rotatable bonds is 7.